The van der Waals surface area contributed by atoms with Crippen molar-refractivity contribution in [1.82, 2.24) is 4.90 Å². The summed E-state index contributed by atoms with van der Waals surface area (Å²) in [5.74, 6) is 0.198. The van der Waals surface area contributed by atoms with Gasteiger partial charge in [-0.05, 0) is 67.2 Å². The topological polar surface area (TPSA) is 102 Å². The van der Waals surface area contributed by atoms with Gasteiger partial charge in [0.1, 0.15) is 11.2 Å². The van der Waals surface area contributed by atoms with E-state index in [1.165, 1.54) is 0 Å². The molecule has 1 rings (SSSR count). The summed E-state index contributed by atoms with van der Waals surface area (Å²) >= 11 is 0. The summed E-state index contributed by atoms with van der Waals surface area (Å²) in [5, 5.41) is 9.13. The fraction of sp³-hybridized carbons (Fsp3) is 0.882. The van der Waals surface area contributed by atoms with Gasteiger partial charge in [-0.15, -0.1) is 0 Å². The minimum Gasteiger partial charge on any atom is -0.444 e. The molecule has 3 N–H and O–H groups in total. The summed E-state index contributed by atoms with van der Waals surface area (Å²) in [7, 11) is 0. The lowest BCUT2D eigenvalue weighted by atomic mass is 9.94. The summed E-state index contributed by atoms with van der Waals surface area (Å²) in [6.45, 7) is 13.7. The van der Waals surface area contributed by atoms with Crippen LogP contribution in [0.5, 0.6) is 0 Å². The minimum absolute atomic E-state index is 0.145. The Morgan fingerprint density at radius 2 is 1.58 bits per heavy atom. The van der Waals surface area contributed by atoms with E-state index in [0.717, 1.165) is 12.8 Å². The maximum Gasteiger partial charge on any atom is 0.410 e. The standard InChI is InChI=1S/C12H23NO3.C5H11NO2/c1-9-5-6-10(8-14)7-13(9)11(15)16-12(2,3)4;1-5(2,3)8-4(6)7/h9-10,14H,5-8H2,1-4H3;1-3H3,(H2,6,7). The van der Waals surface area contributed by atoms with Crippen LogP contribution >= 0.6 is 0 Å². The Labute approximate surface area is 145 Å². The van der Waals surface area contributed by atoms with E-state index in [2.05, 4.69) is 4.74 Å². The second kappa shape index (κ2) is 9.11. The van der Waals surface area contributed by atoms with Crippen LogP contribution in [0.25, 0.3) is 0 Å². The number of carbonyl (C=O) groups is 2. The number of aliphatic hydroxyl groups is 1. The smallest absolute Gasteiger partial charge is 0.410 e. The van der Waals surface area contributed by atoms with Crippen LogP contribution in [-0.2, 0) is 9.47 Å². The molecule has 1 saturated heterocycles. The van der Waals surface area contributed by atoms with Crippen LogP contribution in [-0.4, -0.2) is 52.6 Å². The van der Waals surface area contributed by atoms with Crippen molar-refractivity contribution in [2.45, 2.75) is 78.6 Å². The van der Waals surface area contributed by atoms with E-state index in [1.807, 2.05) is 27.7 Å². The first kappa shape index (κ1) is 22.5. The van der Waals surface area contributed by atoms with Gasteiger partial charge < -0.3 is 25.2 Å². The van der Waals surface area contributed by atoms with Crippen molar-refractivity contribution < 1.29 is 24.2 Å². The largest absolute Gasteiger partial charge is 0.444 e. The Bertz CT molecular complexity index is 412. The molecule has 0 spiro atoms. The number of ether oxygens (including phenoxy) is 2. The predicted molar refractivity (Wildman–Crippen MR) is 92.6 cm³/mol. The lowest BCUT2D eigenvalue weighted by Crippen LogP contribution is -2.48. The number of rotatable bonds is 1. The predicted octanol–water partition coefficient (Wildman–Crippen LogP) is 2.89. The van der Waals surface area contributed by atoms with Gasteiger partial charge in [0.25, 0.3) is 0 Å². The van der Waals surface area contributed by atoms with E-state index >= 15 is 0 Å². The zero-order valence-corrected chi connectivity index (χ0v) is 16.1. The number of nitrogens with zero attached hydrogens (tertiary/aromatic N) is 1. The minimum atomic E-state index is -0.725. The van der Waals surface area contributed by atoms with Crippen molar-refractivity contribution >= 4 is 12.2 Å². The Hall–Kier alpha value is -1.50. The Kier molecular flexibility index (Phi) is 8.54. The zero-order valence-electron chi connectivity index (χ0n) is 16.1. The maximum absolute atomic E-state index is 11.9. The van der Waals surface area contributed by atoms with Gasteiger partial charge in [0.15, 0.2) is 0 Å². The summed E-state index contributed by atoms with van der Waals surface area (Å²) in [6.07, 6.45) is 0.928. The van der Waals surface area contributed by atoms with Crippen LogP contribution < -0.4 is 5.73 Å². The maximum atomic E-state index is 11.9. The second-order valence-corrected chi connectivity index (χ2v) is 8.14. The molecule has 0 saturated carbocycles. The average molecular weight is 346 g/mol. The van der Waals surface area contributed by atoms with E-state index < -0.39 is 17.3 Å². The van der Waals surface area contributed by atoms with Crippen molar-refractivity contribution in [2.24, 2.45) is 11.7 Å². The first-order valence-electron chi connectivity index (χ1n) is 8.34. The number of aliphatic hydroxyl groups excluding tert-OH is 1. The SMILES string of the molecule is CC(C)(C)OC(N)=O.CC1CCC(CO)CN1C(=O)OC(C)(C)C. The quantitative estimate of drug-likeness (QED) is 0.760. The molecule has 1 aliphatic heterocycles. The van der Waals surface area contributed by atoms with Gasteiger partial charge in [-0.25, -0.2) is 9.59 Å². The van der Waals surface area contributed by atoms with Gasteiger partial charge in [-0.3, -0.25) is 0 Å². The summed E-state index contributed by atoms with van der Waals surface area (Å²) < 4.78 is 9.92. The number of primary amides is 1. The number of hydrogen-bond donors (Lipinski definition) is 2. The van der Waals surface area contributed by atoms with Gasteiger partial charge >= 0.3 is 12.2 Å². The van der Waals surface area contributed by atoms with E-state index in [9.17, 15) is 9.59 Å². The molecule has 0 bridgehead atoms. The number of likely N-dealkylation sites (tertiary alicyclic amines) is 1. The van der Waals surface area contributed by atoms with E-state index in [-0.39, 0.29) is 24.7 Å². The van der Waals surface area contributed by atoms with Crippen molar-refractivity contribution in [3.05, 3.63) is 0 Å². The number of nitrogens with two attached hydrogens (primary N) is 1. The van der Waals surface area contributed by atoms with Crippen LogP contribution in [0, 0.1) is 5.92 Å². The highest BCUT2D eigenvalue weighted by atomic mass is 16.6. The molecule has 1 heterocycles. The lowest BCUT2D eigenvalue weighted by Gasteiger charge is -2.38. The monoisotopic (exact) mass is 346 g/mol. The molecule has 142 valence electrons. The average Bonchev–Trinajstić information content (AvgIpc) is 2.34. The van der Waals surface area contributed by atoms with Crippen molar-refractivity contribution in [1.29, 1.82) is 0 Å². The molecule has 0 aromatic heterocycles. The fourth-order valence-electron chi connectivity index (χ4n) is 2.21. The van der Waals surface area contributed by atoms with Gasteiger partial charge in [-0.2, -0.15) is 0 Å². The van der Waals surface area contributed by atoms with Crippen molar-refractivity contribution in [3.8, 4) is 0 Å². The van der Waals surface area contributed by atoms with Crippen molar-refractivity contribution in [3.63, 3.8) is 0 Å². The van der Waals surface area contributed by atoms with Gasteiger partial charge in [0.05, 0.1) is 0 Å². The summed E-state index contributed by atoms with van der Waals surface area (Å²) in [6, 6.07) is 0.206. The van der Waals surface area contributed by atoms with Crippen LogP contribution in [0.4, 0.5) is 9.59 Å². The third-order valence-corrected chi connectivity index (χ3v) is 3.27. The first-order valence-corrected chi connectivity index (χ1v) is 8.34. The second-order valence-electron chi connectivity index (χ2n) is 8.14. The third-order valence-electron chi connectivity index (χ3n) is 3.27. The highest BCUT2D eigenvalue weighted by Crippen LogP contribution is 2.23. The molecule has 0 radical (unpaired) electrons. The molecule has 1 aliphatic rings. The summed E-state index contributed by atoms with van der Waals surface area (Å²) in [5.41, 5.74) is 3.81. The Balaban J connectivity index is 0.000000561. The van der Waals surface area contributed by atoms with Crippen LogP contribution in [0.2, 0.25) is 0 Å². The Morgan fingerprint density at radius 1 is 1.08 bits per heavy atom. The molecule has 0 aromatic rings. The molecular formula is C17H34N2O5. The van der Waals surface area contributed by atoms with E-state index in [0.29, 0.717) is 6.54 Å². The lowest BCUT2D eigenvalue weighted by molar-refractivity contribution is 0.00112. The highest BCUT2D eigenvalue weighted by molar-refractivity contribution is 5.68. The molecule has 2 amide bonds. The molecular weight excluding hydrogens is 312 g/mol. The summed E-state index contributed by atoms with van der Waals surface area (Å²) in [4.78, 5) is 23.7. The molecule has 2 atom stereocenters. The first-order chi connectivity index (χ1) is 10.7. The number of hydrogen-bond acceptors (Lipinski definition) is 5. The van der Waals surface area contributed by atoms with Crippen LogP contribution in [0.1, 0.15) is 61.3 Å². The van der Waals surface area contributed by atoms with E-state index in [1.54, 1.807) is 25.7 Å². The molecule has 1 fully saturated rings. The molecule has 7 nitrogen and oxygen atoms in total. The van der Waals surface area contributed by atoms with Gasteiger partial charge in [0.2, 0.25) is 0 Å². The molecule has 7 heteroatoms. The fourth-order valence-corrected chi connectivity index (χ4v) is 2.21. The van der Waals surface area contributed by atoms with E-state index in [4.69, 9.17) is 15.6 Å². The Morgan fingerprint density at radius 3 is 1.92 bits per heavy atom. The molecule has 2 unspecified atom stereocenters. The molecule has 0 aromatic carbocycles. The molecule has 24 heavy (non-hydrogen) atoms. The van der Waals surface area contributed by atoms with Crippen LogP contribution in [0.3, 0.4) is 0 Å². The number of carbonyl (C=O) groups excluding carboxylic acids is 2. The van der Waals surface area contributed by atoms with Crippen LogP contribution in [0.15, 0.2) is 0 Å². The van der Waals surface area contributed by atoms with Gasteiger partial charge in [-0.1, -0.05) is 0 Å². The third kappa shape index (κ3) is 10.3. The number of amides is 2. The van der Waals surface area contributed by atoms with Gasteiger partial charge in [0, 0.05) is 19.2 Å². The van der Waals surface area contributed by atoms with Crippen molar-refractivity contribution in [2.75, 3.05) is 13.2 Å². The zero-order chi connectivity index (χ0) is 19.1. The highest BCUT2D eigenvalue weighted by Gasteiger charge is 2.31. The number of piperidine rings is 1. The molecule has 0 aliphatic carbocycles. The normalized spacial score (nSPS) is 21.4.